The summed E-state index contributed by atoms with van der Waals surface area (Å²) in [5.41, 5.74) is 0.563. The van der Waals surface area contributed by atoms with Gasteiger partial charge in [-0.25, -0.2) is 9.18 Å². The van der Waals surface area contributed by atoms with Crippen LogP contribution in [0.2, 0.25) is 0 Å². The molecule has 1 heterocycles. The highest BCUT2D eigenvalue weighted by Crippen LogP contribution is 2.29. The molecular formula is C24H37FO4. The van der Waals surface area contributed by atoms with Gasteiger partial charge >= 0.3 is 5.97 Å². The minimum absolute atomic E-state index is 0.225. The van der Waals surface area contributed by atoms with Gasteiger partial charge in [-0.1, -0.05) is 71.3 Å². The monoisotopic (exact) mass is 408 g/mol. The number of esters is 1. The number of carbonyl (C=O) groups excluding carboxylic acids is 1. The highest BCUT2D eigenvalue weighted by molar-refractivity contribution is 5.89. The molecule has 0 aliphatic carbocycles. The molecule has 0 unspecified atom stereocenters. The molecule has 1 aliphatic heterocycles. The van der Waals surface area contributed by atoms with Crippen LogP contribution in [0.4, 0.5) is 4.39 Å². The van der Waals surface area contributed by atoms with Gasteiger partial charge in [0.1, 0.15) is 5.82 Å². The molecule has 4 nitrogen and oxygen atoms in total. The molecule has 0 radical (unpaired) electrons. The van der Waals surface area contributed by atoms with Crippen molar-refractivity contribution in [3.05, 3.63) is 35.1 Å². The average molecular weight is 409 g/mol. The van der Waals surface area contributed by atoms with Crippen molar-refractivity contribution in [2.24, 2.45) is 5.92 Å². The molecule has 1 aromatic rings. The third-order valence-electron chi connectivity index (χ3n) is 5.40. The van der Waals surface area contributed by atoms with Crippen LogP contribution >= 0.6 is 0 Å². The lowest BCUT2D eigenvalue weighted by molar-refractivity contribution is -0.207. The molecule has 2 rings (SSSR count). The van der Waals surface area contributed by atoms with Gasteiger partial charge in [-0.05, 0) is 25.0 Å². The Morgan fingerprint density at radius 1 is 1.00 bits per heavy atom. The summed E-state index contributed by atoms with van der Waals surface area (Å²) < 4.78 is 31.3. The second-order valence-corrected chi connectivity index (χ2v) is 8.00. The first-order chi connectivity index (χ1) is 14.2. The minimum Gasteiger partial charge on any atom is -0.462 e. The lowest BCUT2D eigenvalue weighted by Crippen LogP contribution is -2.27. The molecule has 1 saturated heterocycles. The summed E-state index contributed by atoms with van der Waals surface area (Å²) in [5.74, 6) is -0.605. The number of benzene rings is 1. The molecule has 5 heteroatoms. The molecule has 0 saturated carbocycles. The zero-order chi connectivity index (χ0) is 20.9. The first-order valence-electron chi connectivity index (χ1n) is 11.4. The van der Waals surface area contributed by atoms with Gasteiger partial charge in [-0.2, -0.15) is 0 Å². The van der Waals surface area contributed by atoms with Crippen molar-refractivity contribution >= 4 is 5.97 Å². The third-order valence-corrected chi connectivity index (χ3v) is 5.40. The summed E-state index contributed by atoms with van der Waals surface area (Å²) in [6, 6.07) is 4.37. The summed E-state index contributed by atoms with van der Waals surface area (Å²) in [6.45, 7) is 5.88. The van der Waals surface area contributed by atoms with E-state index in [-0.39, 0.29) is 5.56 Å². The van der Waals surface area contributed by atoms with Crippen LogP contribution in [0.5, 0.6) is 0 Å². The van der Waals surface area contributed by atoms with Gasteiger partial charge < -0.3 is 14.2 Å². The predicted molar refractivity (Wildman–Crippen MR) is 112 cm³/mol. The minimum atomic E-state index is -0.703. The van der Waals surface area contributed by atoms with E-state index in [0.717, 1.165) is 32.1 Å². The van der Waals surface area contributed by atoms with Gasteiger partial charge in [-0.15, -0.1) is 0 Å². The Balaban J connectivity index is 1.75. The molecule has 164 valence electrons. The van der Waals surface area contributed by atoms with E-state index in [4.69, 9.17) is 14.2 Å². The molecule has 1 fully saturated rings. The molecule has 0 amide bonds. The third kappa shape index (κ3) is 8.43. The van der Waals surface area contributed by atoms with Crippen LogP contribution in [0.3, 0.4) is 0 Å². The van der Waals surface area contributed by atoms with Gasteiger partial charge in [0.15, 0.2) is 6.29 Å². The summed E-state index contributed by atoms with van der Waals surface area (Å²) in [5, 5.41) is 0. The molecule has 0 N–H and O–H groups in total. The van der Waals surface area contributed by atoms with Crippen molar-refractivity contribution in [1.29, 1.82) is 0 Å². The SMILES string of the molecule is CCCCCCCC1COC(c2ccc(C(=O)OCCCCCC)cc2F)OC1. The lowest BCUT2D eigenvalue weighted by atomic mass is 10.0. The number of hydrogen-bond acceptors (Lipinski definition) is 4. The molecule has 29 heavy (non-hydrogen) atoms. The first-order valence-corrected chi connectivity index (χ1v) is 11.4. The number of unbranched alkanes of at least 4 members (excludes halogenated alkanes) is 7. The van der Waals surface area contributed by atoms with E-state index in [2.05, 4.69) is 13.8 Å². The summed E-state index contributed by atoms with van der Waals surface area (Å²) in [7, 11) is 0. The Hall–Kier alpha value is -1.46. The van der Waals surface area contributed by atoms with Crippen molar-refractivity contribution in [3.63, 3.8) is 0 Å². The van der Waals surface area contributed by atoms with Crippen LogP contribution in [0, 0.1) is 11.7 Å². The quantitative estimate of drug-likeness (QED) is 0.273. The normalized spacial score (nSPS) is 19.3. The van der Waals surface area contributed by atoms with E-state index in [9.17, 15) is 9.18 Å². The van der Waals surface area contributed by atoms with Crippen molar-refractivity contribution in [1.82, 2.24) is 0 Å². The maximum absolute atomic E-state index is 14.5. The van der Waals surface area contributed by atoms with Crippen LogP contribution in [0.15, 0.2) is 18.2 Å². The Morgan fingerprint density at radius 3 is 2.31 bits per heavy atom. The van der Waals surface area contributed by atoms with Gasteiger partial charge in [0.2, 0.25) is 0 Å². The van der Waals surface area contributed by atoms with Crippen LogP contribution in [-0.4, -0.2) is 25.8 Å². The zero-order valence-corrected chi connectivity index (χ0v) is 18.1. The molecule has 0 spiro atoms. The maximum Gasteiger partial charge on any atom is 0.338 e. The fraction of sp³-hybridized carbons (Fsp3) is 0.708. The molecule has 1 aliphatic rings. The number of halogens is 1. The fourth-order valence-electron chi connectivity index (χ4n) is 3.55. The topological polar surface area (TPSA) is 44.8 Å². The second-order valence-electron chi connectivity index (χ2n) is 8.00. The smallest absolute Gasteiger partial charge is 0.338 e. The van der Waals surface area contributed by atoms with Crippen molar-refractivity contribution < 1.29 is 23.4 Å². The van der Waals surface area contributed by atoms with E-state index < -0.39 is 18.1 Å². The first kappa shape index (κ1) is 23.8. The van der Waals surface area contributed by atoms with E-state index in [1.54, 1.807) is 12.1 Å². The van der Waals surface area contributed by atoms with Gasteiger partial charge in [-0.3, -0.25) is 0 Å². The number of ether oxygens (including phenoxy) is 3. The van der Waals surface area contributed by atoms with E-state index in [1.165, 1.54) is 38.2 Å². The van der Waals surface area contributed by atoms with E-state index >= 15 is 0 Å². The van der Waals surface area contributed by atoms with Crippen LogP contribution in [-0.2, 0) is 14.2 Å². The van der Waals surface area contributed by atoms with Crippen molar-refractivity contribution in [2.45, 2.75) is 84.3 Å². The lowest BCUT2D eigenvalue weighted by Gasteiger charge is -2.30. The van der Waals surface area contributed by atoms with E-state index in [0.29, 0.717) is 31.3 Å². The van der Waals surface area contributed by atoms with Gasteiger partial charge in [0.05, 0.1) is 25.4 Å². The predicted octanol–water partition coefficient (Wildman–Crippen LogP) is 6.58. The average Bonchev–Trinajstić information content (AvgIpc) is 2.74. The Labute approximate surface area is 175 Å². The zero-order valence-electron chi connectivity index (χ0n) is 18.1. The highest BCUT2D eigenvalue weighted by atomic mass is 19.1. The molecule has 1 aromatic carbocycles. The summed E-state index contributed by atoms with van der Waals surface area (Å²) >= 11 is 0. The molecular weight excluding hydrogens is 371 g/mol. The number of rotatable bonds is 13. The van der Waals surface area contributed by atoms with Crippen molar-refractivity contribution in [2.75, 3.05) is 19.8 Å². The fourth-order valence-corrected chi connectivity index (χ4v) is 3.55. The maximum atomic E-state index is 14.5. The Kier molecular flexibility index (Phi) is 11.3. The van der Waals surface area contributed by atoms with Crippen LogP contribution in [0.25, 0.3) is 0 Å². The number of hydrogen-bond donors (Lipinski definition) is 0. The molecule has 0 bridgehead atoms. The Bertz CT molecular complexity index is 597. The van der Waals surface area contributed by atoms with Gasteiger partial charge in [0.25, 0.3) is 0 Å². The summed E-state index contributed by atoms with van der Waals surface area (Å²) in [4.78, 5) is 12.1. The van der Waals surface area contributed by atoms with E-state index in [1.807, 2.05) is 0 Å². The van der Waals surface area contributed by atoms with Crippen LogP contribution < -0.4 is 0 Å². The molecule has 0 atom stereocenters. The van der Waals surface area contributed by atoms with Crippen LogP contribution in [0.1, 0.15) is 100 Å². The summed E-state index contributed by atoms with van der Waals surface area (Å²) in [6.07, 6.45) is 10.8. The standard InChI is InChI=1S/C24H37FO4/c1-3-5-7-9-10-12-19-17-28-24(29-18-19)21-14-13-20(16-22(21)25)23(26)27-15-11-8-6-4-2/h13-14,16,19,24H,3-12,15,17-18H2,1-2H3. The Morgan fingerprint density at radius 2 is 1.66 bits per heavy atom. The number of carbonyl (C=O) groups is 1. The highest BCUT2D eigenvalue weighted by Gasteiger charge is 2.26. The van der Waals surface area contributed by atoms with Crippen molar-refractivity contribution in [3.8, 4) is 0 Å². The molecule has 0 aromatic heterocycles. The largest absolute Gasteiger partial charge is 0.462 e. The second kappa shape index (κ2) is 13.7. The van der Waals surface area contributed by atoms with Gasteiger partial charge in [0, 0.05) is 11.5 Å².